The maximum Gasteiger partial charge on any atom is 0.0596 e. The Bertz CT molecular complexity index is 198. The van der Waals surface area contributed by atoms with Gasteiger partial charge in [-0.2, -0.15) is 0 Å². The third kappa shape index (κ3) is 2.71. The lowest BCUT2D eigenvalue weighted by Gasteiger charge is -2.36. The highest BCUT2D eigenvalue weighted by atomic mass is 16.3. The predicted octanol–water partition coefficient (Wildman–Crippen LogP) is 0.898. The van der Waals surface area contributed by atoms with Crippen LogP contribution in [0.15, 0.2) is 0 Å². The average Bonchev–Trinajstić information content (AvgIpc) is 2.44. The van der Waals surface area contributed by atoms with Gasteiger partial charge in [0, 0.05) is 12.5 Å². The van der Waals surface area contributed by atoms with Crippen LogP contribution >= 0.6 is 0 Å². The van der Waals surface area contributed by atoms with Gasteiger partial charge in [-0.3, -0.25) is 0 Å². The van der Waals surface area contributed by atoms with Gasteiger partial charge >= 0.3 is 0 Å². The quantitative estimate of drug-likeness (QED) is 0.567. The van der Waals surface area contributed by atoms with E-state index >= 15 is 0 Å². The lowest BCUT2D eigenvalue weighted by Crippen LogP contribution is -2.46. The molecule has 4 atom stereocenters. The summed E-state index contributed by atoms with van der Waals surface area (Å²) in [5.74, 6) is 0.585. The maximum atomic E-state index is 10.1. The van der Waals surface area contributed by atoms with Gasteiger partial charge in [0.25, 0.3) is 0 Å². The van der Waals surface area contributed by atoms with E-state index in [4.69, 9.17) is 0 Å². The average molecular weight is 213 g/mol. The molecule has 0 amide bonds. The van der Waals surface area contributed by atoms with Crippen molar-refractivity contribution in [2.45, 2.75) is 50.7 Å². The number of rotatable bonds is 1. The molecule has 2 rings (SSSR count). The van der Waals surface area contributed by atoms with E-state index in [2.05, 4.69) is 5.32 Å². The van der Waals surface area contributed by atoms with Gasteiger partial charge in [-0.25, -0.2) is 0 Å². The molecule has 0 radical (unpaired) electrons. The van der Waals surface area contributed by atoms with Crippen molar-refractivity contribution >= 4 is 0 Å². The number of piperidine rings is 1. The van der Waals surface area contributed by atoms with Crippen LogP contribution in [0.5, 0.6) is 0 Å². The van der Waals surface area contributed by atoms with Gasteiger partial charge in [0.05, 0.1) is 12.2 Å². The molecule has 1 saturated heterocycles. The second kappa shape index (κ2) is 5.28. The Morgan fingerprint density at radius 1 is 0.800 bits per heavy atom. The number of aliphatic hydroxyl groups is 2. The fourth-order valence-electron chi connectivity index (χ4n) is 3.12. The summed E-state index contributed by atoms with van der Waals surface area (Å²) in [7, 11) is 0. The van der Waals surface area contributed by atoms with Gasteiger partial charge in [0.2, 0.25) is 0 Å². The molecule has 0 spiro atoms. The Kier molecular flexibility index (Phi) is 4.00. The molecule has 2 fully saturated rings. The fraction of sp³-hybridized carbons (Fsp3) is 1.00. The molecule has 0 aromatic carbocycles. The Hall–Kier alpha value is -0.120. The van der Waals surface area contributed by atoms with Crippen LogP contribution in [0.2, 0.25) is 0 Å². The standard InChI is InChI=1S/C12H23NO2/c14-11-5-3-1-2-4-9(11)10-8-13-7-6-12(10)15/h9-15H,1-8H2. The van der Waals surface area contributed by atoms with Crippen LogP contribution in [-0.4, -0.2) is 35.5 Å². The second-order valence-corrected chi connectivity index (χ2v) is 5.09. The lowest BCUT2D eigenvalue weighted by molar-refractivity contribution is -0.0103. The van der Waals surface area contributed by atoms with Gasteiger partial charge in [0.15, 0.2) is 0 Å². The van der Waals surface area contributed by atoms with Crippen LogP contribution in [0.25, 0.3) is 0 Å². The molecule has 1 saturated carbocycles. The van der Waals surface area contributed by atoms with E-state index in [0.29, 0.717) is 5.92 Å². The topological polar surface area (TPSA) is 52.5 Å². The molecule has 3 heteroatoms. The van der Waals surface area contributed by atoms with E-state index in [1.807, 2.05) is 0 Å². The Morgan fingerprint density at radius 3 is 2.33 bits per heavy atom. The van der Waals surface area contributed by atoms with E-state index in [1.54, 1.807) is 0 Å². The van der Waals surface area contributed by atoms with Crippen LogP contribution in [0.1, 0.15) is 38.5 Å². The summed E-state index contributed by atoms with van der Waals surface area (Å²) in [6.07, 6.45) is 6.06. The largest absolute Gasteiger partial charge is 0.393 e. The summed E-state index contributed by atoms with van der Waals surface area (Å²) in [5.41, 5.74) is 0. The molecular formula is C12H23NO2. The predicted molar refractivity (Wildman–Crippen MR) is 59.6 cm³/mol. The van der Waals surface area contributed by atoms with Gasteiger partial charge < -0.3 is 15.5 Å². The summed E-state index contributed by atoms with van der Waals surface area (Å²) in [6.45, 7) is 1.80. The normalized spacial score (nSPS) is 43.6. The SMILES string of the molecule is OC1CCCCCC1C1CNCCC1O. The Balaban J connectivity index is 1.98. The number of hydrogen-bond acceptors (Lipinski definition) is 3. The van der Waals surface area contributed by atoms with Crippen LogP contribution in [-0.2, 0) is 0 Å². The van der Waals surface area contributed by atoms with Gasteiger partial charge in [-0.05, 0) is 31.7 Å². The summed E-state index contributed by atoms with van der Waals surface area (Å²) in [4.78, 5) is 0. The minimum Gasteiger partial charge on any atom is -0.393 e. The van der Waals surface area contributed by atoms with Gasteiger partial charge in [0.1, 0.15) is 0 Å². The number of aliphatic hydroxyl groups excluding tert-OH is 2. The summed E-state index contributed by atoms with van der Waals surface area (Å²) in [6, 6.07) is 0. The molecule has 4 unspecified atom stereocenters. The highest BCUT2D eigenvalue weighted by Gasteiger charge is 2.35. The number of nitrogens with one attached hydrogen (secondary N) is 1. The van der Waals surface area contributed by atoms with E-state index in [9.17, 15) is 10.2 Å². The molecule has 3 nitrogen and oxygen atoms in total. The Morgan fingerprint density at radius 2 is 1.53 bits per heavy atom. The highest BCUT2D eigenvalue weighted by Crippen LogP contribution is 2.32. The molecule has 2 aliphatic rings. The van der Waals surface area contributed by atoms with E-state index in [0.717, 1.165) is 38.8 Å². The molecule has 3 N–H and O–H groups in total. The van der Waals surface area contributed by atoms with Crippen LogP contribution in [0.3, 0.4) is 0 Å². The minimum absolute atomic E-state index is 0.188. The molecule has 1 heterocycles. The van der Waals surface area contributed by atoms with Crippen molar-refractivity contribution < 1.29 is 10.2 Å². The summed E-state index contributed by atoms with van der Waals surface area (Å²) < 4.78 is 0. The molecule has 1 aliphatic carbocycles. The molecule has 15 heavy (non-hydrogen) atoms. The van der Waals surface area contributed by atoms with Crippen molar-refractivity contribution in [1.29, 1.82) is 0 Å². The van der Waals surface area contributed by atoms with Crippen molar-refractivity contribution in [2.75, 3.05) is 13.1 Å². The Labute approximate surface area is 91.9 Å². The van der Waals surface area contributed by atoms with E-state index < -0.39 is 0 Å². The molecule has 0 aromatic heterocycles. The van der Waals surface area contributed by atoms with Crippen LogP contribution in [0.4, 0.5) is 0 Å². The van der Waals surface area contributed by atoms with Crippen LogP contribution < -0.4 is 5.32 Å². The van der Waals surface area contributed by atoms with Crippen molar-refractivity contribution in [1.82, 2.24) is 5.32 Å². The van der Waals surface area contributed by atoms with Crippen molar-refractivity contribution in [3.05, 3.63) is 0 Å². The third-order valence-electron chi connectivity index (χ3n) is 4.07. The summed E-state index contributed by atoms with van der Waals surface area (Å²) in [5, 5.41) is 23.4. The smallest absolute Gasteiger partial charge is 0.0596 e. The van der Waals surface area contributed by atoms with Gasteiger partial charge in [-0.1, -0.05) is 19.3 Å². The molecule has 0 bridgehead atoms. The molecule has 0 aromatic rings. The van der Waals surface area contributed by atoms with Crippen molar-refractivity contribution in [2.24, 2.45) is 11.8 Å². The maximum absolute atomic E-state index is 10.1. The second-order valence-electron chi connectivity index (χ2n) is 5.09. The first-order valence-electron chi connectivity index (χ1n) is 6.36. The van der Waals surface area contributed by atoms with Crippen LogP contribution in [0, 0.1) is 11.8 Å². The van der Waals surface area contributed by atoms with Crippen molar-refractivity contribution in [3.63, 3.8) is 0 Å². The van der Waals surface area contributed by atoms with Crippen molar-refractivity contribution in [3.8, 4) is 0 Å². The third-order valence-corrected chi connectivity index (χ3v) is 4.07. The molecular weight excluding hydrogens is 190 g/mol. The van der Waals surface area contributed by atoms with E-state index in [-0.39, 0.29) is 18.1 Å². The van der Waals surface area contributed by atoms with Gasteiger partial charge in [-0.15, -0.1) is 0 Å². The van der Waals surface area contributed by atoms with E-state index in [1.165, 1.54) is 12.8 Å². The first-order chi connectivity index (χ1) is 7.29. The zero-order valence-corrected chi connectivity index (χ0v) is 9.36. The minimum atomic E-state index is -0.205. The first kappa shape index (κ1) is 11.4. The number of hydrogen-bond donors (Lipinski definition) is 3. The molecule has 88 valence electrons. The molecule has 1 aliphatic heterocycles. The zero-order chi connectivity index (χ0) is 10.7. The zero-order valence-electron chi connectivity index (χ0n) is 9.36. The monoisotopic (exact) mass is 213 g/mol. The first-order valence-corrected chi connectivity index (χ1v) is 6.36. The fourth-order valence-corrected chi connectivity index (χ4v) is 3.12. The highest BCUT2D eigenvalue weighted by molar-refractivity contribution is 4.87. The lowest BCUT2D eigenvalue weighted by atomic mass is 9.78. The summed E-state index contributed by atoms with van der Waals surface area (Å²) >= 11 is 0.